The molecule has 0 bridgehead atoms. The van der Waals surface area contributed by atoms with Gasteiger partial charge in [0.15, 0.2) is 0 Å². The number of aliphatic hydroxyl groups excluding tert-OH is 1. The summed E-state index contributed by atoms with van der Waals surface area (Å²) in [4.78, 5) is 6.17. The number of hydrogen-bond acceptors (Lipinski definition) is 5. The third-order valence-corrected chi connectivity index (χ3v) is 6.35. The second kappa shape index (κ2) is 9.25. The van der Waals surface area contributed by atoms with Crippen LogP contribution in [0.5, 0.6) is 0 Å². The number of fused-ring (bicyclic) bond motifs is 1. The summed E-state index contributed by atoms with van der Waals surface area (Å²) in [5, 5.41) is 18.4. The van der Waals surface area contributed by atoms with Gasteiger partial charge in [-0.05, 0) is 30.5 Å². The first kappa shape index (κ1) is 24.0. The van der Waals surface area contributed by atoms with Gasteiger partial charge in [-0.3, -0.25) is 4.99 Å². The molecule has 1 aromatic rings. The molecule has 10 heteroatoms. The third kappa shape index (κ3) is 4.46. The lowest BCUT2D eigenvalue weighted by molar-refractivity contribution is -0.0556. The molecule has 2 heterocycles. The summed E-state index contributed by atoms with van der Waals surface area (Å²) >= 11 is 0. The maximum atomic E-state index is 13.9. The minimum Gasteiger partial charge on any atom is -0.390 e. The number of benzene rings is 1. The SMILES string of the molecule is C=C/C=C1\C(=C/N(C)C2(C(F)F)CC2)C(=NCc2cccc(C(F)(F)CO)c2)NC2CC=NN12. The number of allylic oxidation sites excluding steroid dienone is 2. The van der Waals surface area contributed by atoms with Gasteiger partial charge in [0.2, 0.25) is 0 Å². The molecule has 3 aliphatic rings. The monoisotopic (exact) mass is 477 g/mol. The van der Waals surface area contributed by atoms with Gasteiger partial charge < -0.3 is 15.3 Å². The molecule has 1 atom stereocenters. The van der Waals surface area contributed by atoms with E-state index in [4.69, 9.17) is 5.11 Å². The van der Waals surface area contributed by atoms with E-state index >= 15 is 0 Å². The van der Waals surface area contributed by atoms with Gasteiger partial charge in [0.1, 0.15) is 24.1 Å². The van der Waals surface area contributed by atoms with Crippen molar-refractivity contribution in [1.29, 1.82) is 0 Å². The van der Waals surface area contributed by atoms with Crippen molar-refractivity contribution >= 4 is 12.1 Å². The Bertz CT molecular complexity index is 1060. The van der Waals surface area contributed by atoms with Crippen LogP contribution in [-0.2, 0) is 12.5 Å². The molecule has 1 aromatic carbocycles. The number of halogens is 4. The van der Waals surface area contributed by atoms with E-state index in [1.54, 1.807) is 42.7 Å². The van der Waals surface area contributed by atoms with Crippen molar-refractivity contribution in [2.75, 3.05) is 13.7 Å². The first-order valence-electron chi connectivity index (χ1n) is 11.0. The fraction of sp³-hybridized carbons (Fsp3) is 0.417. The first-order chi connectivity index (χ1) is 16.2. The highest BCUT2D eigenvalue weighted by atomic mass is 19.3. The molecule has 1 saturated carbocycles. The summed E-state index contributed by atoms with van der Waals surface area (Å²) in [5.41, 5.74) is 0.241. The molecule has 1 aliphatic carbocycles. The van der Waals surface area contributed by atoms with E-state index < -0.39 is 24.5 Å². The van der Waals surface area contributed by atoms with Crippen LogP contribution in [0.15, 0.2) is 70.6 Å². The van der Waals surface area contributed by atoms with E-state index in [2.05, 4.69) is 22.0 Å². The number of amidine groups is 1. The maximum absolute atomic E-state index is 13.9. The molecular formula is C24H27F4N5O. The highest BCUT2D eigenvalue weighted by molar-refractivity contribution is 6.03. The largest absolute Gasteiger partial charge is 0.390 e. The van der Waals surface area contributed by atoms with E-state index in [0.717, 1.165) is 0 Å². The summed E-state index contributed by atoms with van der Waals surface area (Å²) < 4.78 is 55.3. The fourth-order valence-corrected chi connectivity index (χ4v) is 4.12. The van der Waals surface area contributed by atoms with E-state index in [9.17, 15) is 17.6 Å². The molecule has 182 valence electrons. The summed E-state index contributed by atoms with van der Waals surface area (Å²) in [7, 11) is 1.62. The van der Waals surface area contributed by atoms with Gasteiger partial charge in [-0.15, -0.1) is 0 Å². The second-order valence-corrected chi connectivity index (χ2v) is 8.61. The van der Waals surface area contributed by atoms with Crippen molar-refractivity contribution in [3.05, 3.63) is 71.6 Å². The Morgan fingerprint density at radius 1 is 1.41 bits per heavy atom. The Morgan fingerprint density at radius 3 is 2.82 bits per heavy atom. The van der Waals surface area contributed by atoms with Gasteiger partial charge in [0, 0.05) is 31.4 Å². The van der Waals surface area contributed by atoms with Crippen LogP contribution in [-0.4, -0.2) is 58.9 Å². The summed E-state index contributed by atoms with van der Waals surface area (Å²) in [6, 6.07) is 5.72. The van der Waals surface area contributed by atoms with Crippen molar-refractivity contribution in [2.45, 2.75) is 49.9 Å². The molecule has 0 amide bonds. The molecule has 2 fully saturated rings. The second-order valence-electron chi connectivity index (χ2n) is 8.61. The Hall–Kier alpha value is -3.14. The molecule has 2 aliphatic heterocycles. The third-order valence-electron chi connectivity index (χ3n) is 6.35. The molecular weight excluding hydrogens is 450 g/mol. The number of nitrogens with one attached hydrogen (secondary N) is 1. The van der Waals surface area contributed by atoms with Gasteiger partial charge in [0.25, 0.3) is 12.3 Å². The average Bonchev–Trinajstić information content (AvgIpc) is 3.52. The van der Waals surface area contributed by atoms with Crippen LogP contribution in [0.1, 0.15) is 30.4 Å². The van der Waals surface area contributed by atoms with Crippen LogP contribution in [0, 0.1) is 0 Å². The lowest BCUT2D eigenvalue weighted by Crippen LogP contribution is -2.50. The van der Waals surface area contributed by atoms with Crippen molar-refractivity contribution in [2.24, 2.45) is 10.1 Å². The van der Waals surface area contributed by atoms with Crippen LogP contribution >= 0.6 is 0 Å². The average molecular weight is 478 g/mol. The maximum Gasteiger partial charge on any atom is 0.295 e. The zero-order chi connectivity index (χ0) is 24.5. The smallest absolute Gasteiger partial charge is 0.295 e. The van der Waals surface area contributed by atoms with Crippen LogP contribution in [0.2, 0.25) is 0 Å². The van der Waals surface area contributed by atoms with Crippen molar-refractivity contribution in [1.82, 2.24) is 15.2 Å². The number of aliphatic hydroxyl groups is 1. The lowest BCUT2D eigenvalue weighted by atomic mass is 10.0. The summed E-state index contributed by atoms with van der Waals surface area (Å²) in [6.45, 7) is 2.55. The van der Waals surface area contributed by atoms with E-state index in [1.165, 1.54) is 23.1 Å². The predicted octanol–water partition coefficient (Wildman–Crippen LogP) is 3.97. The molecule has 1 saturated heterocycles. The standard InChI is InChI=1S/C24H27F4N5O/c1-3-5-19-18(14-32(2)23(9-10-23)22(25)26)21(31-20-8-11-30-33(19)20)29-13-16-6-4-7-17(12-16)24(27,28)15-34/h3-7,11-12,14,20,22,34H,1,8-10,13,15H2,2H3,(H,29,31)/b18-14+,19-5+. The molecule has 0 spiro atoms. The predicted molar refractivity (Wildman–Crippen MR) is 123 cm³/mol. The molecule has 4 rings (SSSR count). The molecule has 6 nitrogen and oxygen atoms in total. The first-order valence-corrected chi connectivity index (χ1v) is 11.0. The normalized spacial score (nSPS) is 24.6. The van der Waals surface area contributed by atoms with Gasteiger partial charge in [-0.1, -0.05) is 30.9 Å². The van der Waals surface area contributed by atoms with E-state index in [1.807, 2.05) is 0 Å². The van der Waals surface area contributed by atoms with Crippen molar-refractivity contribution < 1.29 is 22.7 Å². The van der Waals surface area contributed by atoms with Gasteiger partial charge in [0.05, 0.1) is 17.8 Å². The number of aliphatic imine (C=N–C) groups is 1. The van der Waals surface area contributed by atoms with E-state index in [-0.39, 0.29) is 18.3 Å². The highest BCUT2D eigenvalue weighted by Gasteiger charge is 2.54. The van der Waals surface area contributed by atoms with Gasteiger partial charge in [-0.25, -0.2) is 13.8 Å². The Balaban J connectivity index is 1.70. The fourth-order valence-electron chi connectivity index (χ4n) is 4.12. The Kier molecular flexibility index (Phi) is 6.53. The number of nitrogens with zero attached hydrogens (tertiary/aromatic N) is 4. The summed E-state index contributed by atoms with van der Waals surface area (Å²) in [6.07, 6.45) is 5.42. The minimum absolute atomic E-state index is 0.0771. The molecule has 0 aromatic heterocycles. The van der Waals surface area contributed by atoms with Gasteiger partial charge in [-0.2, -0.15) is 13.9 Å². The minimum atomic E-state index is -3.35. The Morgan fingerprint density at radius 2 is 2.18 bits per heavy atom. The molecule has 34 heavy (non-hydrogen) atoms. The number of hydrazone groups is 1. The van der Waals surface area contributed by atoms with Crippen LogP contribution in [0.25, 0.3) is 0 Å². The van der Waals surface area contributed by atoms with Crippen LogP contribution in [0.3, 0.4) is 0 Å². The van der Waals surface area contributed by atoms with Crippen molar-refractivity contribution in [3.8, 4) is 0 Å². The van der Waals surface area contributed by atoms with E-state index in [0.29, 0.717) is 41.9 Å². The molecule has 1 unspecified atom stereocenters. The zero-order valence-electron chi connectivity index (χ0n) is 18.8. The zero-order valence-corrected chi connectivity index (χ0v) is 18.8. The van der Waals surface area contributed by atoms with Gasteiger partial charge >= 0.3 is 0 Å². The lowest BCUT2D eigenvalue weighted by Gasteiger charge is -2.37. The van der Waals surface area contributed by atoms with Crippen molar-refractivity contribution in [3.63, 3.8) is 0 Å². The molecule has 0 radical (unpaired) electrons. The van der Waals surface area contributed by atoms with Crippen LogP contribution in [0.4, 0.5) is 17.6 Å². The Labute approximate surface area is 195 Å². The number of alkyl halides is 4. The summed E-state index contributed by atoms with van der Waals surface area (Å²) in [5.74, 6) is -2.90. The number of hydrogen-bond donors (Lipinski definition) is 2. The number of rotatable bonds is 8. The topological polar surface area (TPSA) is 63.5 Å². The quantitative estimate of drug-likeness (QED) is 0.557. The highest BCUT2D eigenvalue weighted by Crippen LogP contribution is 2.46. The van der Waals surface area contributed by atoms with Crippen LogP contribution < -0.4 is 5.32 Å². The molecule has 2 N–H and O–H groups in total.